The molecule has 2 rings (SSSR count). The Labute approximate surface area is 121 Å². The third kappa shape index (κ3) is 4.09. The molecule has 0 spiro atoms. The van der Waals surface area contributed by atoms with Gasteiger partial charge >= 0.3 is 0 Å². The van der Waals surface area contributed by atoms with Gasteiger partial charge in [-0.15, -0.1) is 0 Å². The largest absolute Gasteiger partial charge is 0.489 e. The van der Waals surface area contributed by atoms with Crippen LogP contribution in [0, 0.1) is 0 Å². The highest BCUT2D eigenvalue weighted by Gasteiger charge is 2.24. The van der Waals surface area contributed by atoms with Crippen LogP contribution in [0.15, 0.2) is 36.9 Å². The van der Waals surface area contributed by atoms with Crippen molar-refractivity contribution in [3.05, 3.63) is 42.5 Å². The minimum absolute atomic E-state index is 0.295. The summed E-state index contributed by atoms with van der Waals surface area (Å²) >= 11 is 0. The maximum Gasteiger partial charge on any atom is 0.124 e. The number of hydrogen-bond donors (Lipinski definition) is 1. The quantitative estimate of drug-likeness (QED) is 0.740. The molecule has 0 saturated carbocycles. The summed E-state index contributed by atoms with van der Waals surface area (Å²) < 4.78 is 5.73. The van der Waals surface area contributed by atoms with Gasteiger partial charge in [0.25, 0.3) is 0 Å². The summed E-state index contributed by atoms with van der Waals surface area (Å²) in [5.74, 6) is 0.959. The Morgan fingerprint density at radius 3 is 3.05 bits per heavy atom. The van der Waals surface area contributed by atoms with Crippen molar-refractivity contribution in [1.29, 1.82) is 0 Å². The van der Waals surface area contributed by atoms with Crippen LogP contribution in [0.5, 0.6) is 5.75 Å². The first-order chi connectivity index (χ1) is 9.85. The zero-order valence-electron chi connectivity index (χ0n) is 12.1. The molecular weight excluding hydrogens is 250 g/mol. The Kier molecular flexibility index (Phi) is 6.09. The average Bonchev–Trinajstić information content (AvgIpc) is 2.91. The Balaban J connectivity index is 1.99. The van der Waals surface area contributed by atoms with Gasteiger partial charge in [-0.3, -0.25) is 4.90 Å². The summed E-state index contributed by atoms with van der Waals surface area (Å²) in [4.78, 5) is 2.52. The maximum atomic E-state index is 9.00. The molecule has 1 aliphatic rings. The van der Waals surface area contributed by atoms with Crippen LogP contribution in [0.25, 0.3) is 0 Å². The number of ether oxygens (including phenoxy) is 1. The fourth-order valence-electron chi connectivity index (χ4n) is 2.90. The normalized spacial score (nSPS) is 19.1. The lowest BCUT2D eigenvalue weighted by Gasteiger charge is -2.25. The average molecular weight is 275 g/mol. The van der Waals surface area contributed by atoms with Crippen LogP contribution in [0.4, 0.5) is 0 Å². The lowest BCUT2D eigenvalue weighted by Crippen LogP contribution is -2.29. The first kappa shape index (κ1) is 15.1. The molecule has 0 amide bonds. The van der Waals surface area contributed by atoms with E-state index < -0.39 is 0 Å². The van der Waals surface area contributed by atoms with Crippen LogP contribution in [0.3, 0.4) is 0 Å². The smallest absolute Gasteiger partial charge is 0.124 e. The van der Waals surface area contributed by atoms with E-state index in [9.17, 15) is 0 Å². The van der Waals surface area contributed by atoms with E-state index in [1.165, 1.54) is 18.4 Å². The monoisotopic (exact) mass is 275 g/mol. The van der Waals surface area contributed by atoms with Crippen molar-refractivity contribution in [1.82, 2.24) is 4.90 Å². The second-order valence-corrected chi connectivity index (χ2v) is 5.34. The molecular formula is C17H25NO2. The van der Waals surface area contributed by atoms with E-state index in [0.29, 0.717) is 19.3 Å². The number of aliphatic hydroxyl groups is 1. The zero-order chi connectivity index (χ0) is 14.2. The van der Waals surface area contributed by atoms with Crippen molar-refractivity contribution in [3.8, 4) is 5.75 Å². The molecule has 1 aromatic carbocycles. The predicted molar refractivity (Wildman–Crippen MR) is 81.9 cm³/mol. The van der Waals surface area contributed by atoms with Gasteiger partial charge in [-0.25, -0.2) is 0 Å². The highest BCUT2D eigenvalue weighted by atomic mass is 16.5. The summed E-state index contributed by atoms with van der Waals surface area (Å²) in [5.41, 5.74) is 1.24. The molecule has 1 unspecified atom stereocenters. The zero-order valence-corrected chi connectivity index (χ0v) is 12.1. The van der Waals surface area contributed by atoms with Gasteiger partial charge in [0.2, 0.25) is 0 Å². The van der Waals surface area contributed by atoms with E-state index in [1.54, 1.807) is 6.08 Å². The third-order valence-electron chi connectivity index (χ3n) is 3.90. The number of aliphatic hydroxyl groups excluding tert-OH is 1. The van der Waals surface area contributed by atoms with Crippen LogP contribution in [0.1, 0.15) is 31.2 Å². The number of benzene rings is 1. The summed E-state index contributed by atoms with van der Waals surface area (Å²) in [5, 5.41) is 9.00. The number of likely N-dealkylation sites (tertiary alicyclic amines) is 1. The molecule has 0 aliphatic carbocycles. The van der Waals surface area contributed by atoms with E-state index in [-0.39, 0.29) is 0 Å². The maximum absolute atomic E-state index is 9.00. The highest BCUT2D eigenvalue weighted by molar-refractivity contribution is 5.33. The van der Waals surface area contributed by atoms with Gasteiger partial charge in [-0.2, -0.15) is 0 Å². The molecule has 1 saturated heterocycles. The van der Waals surface area contributed by atoms with Crippen molar-refractivity contribution < 1.29 is 9.84 Å². The summed E-state index contributed by atoms with van der Waals surface area (Å²) in [6.07, 6.45) is 6.26. The number of rotatable bonds is 8. The molecule has 1 fully saturated rings. The third-order valence-corrected chi connectivity index (χ3v) is 3.90. The predicted octanol–water partition coefficient (Wildman–Crippen LogP) is 2.99. The Morgan fingerprint density at radius 2 is 2.25 bits per heavy atom. The Morgan fingerprint density at radius 1 is 1.40 bits per heavy atom. The van der Waals surface area contributed by atoms with Crippen LogP contribution in [-0.2, 0) is 6.54 Å². The highest BCUT2D eigenvalue weighted by Crippen LogP contribution is 2.27. The van der Waals surface area contributed by atoms with E-state index in [2.05, 4.69) is 23.6 Å². The van der Waals surface area contributed by atoms with Crippen LogP contribution in [-0.4, -0.2) is 35.8 Å². The topological polar surface area (TPSA) is 32.7 Å². The number of nitrogens with zero attached hydrogens (tertiary/aromatic N) is 1. The number of para-hydroxylation sites is 1. The molecule has 1 aromatic rings. The molecule has 20 heavy (non-hydrogen) atoms. The fraction of sp³-hybridized carbons (Fsp3) is 0.529. The first-order valence-electron chi connectivity index (χ1n) is 7.51. The van der Waals surface area contributed by atoms with Gasteiger partial charge < -0.3 is 9.84 Å². The van der Waals surface area contributed by atoms with Crippen molar-refractivity contribution in [2.45, 2.75) is 38.3 Å². The van der Waals surface area contributed by atoms with Crippen molar-refractivity contribution in [2.24, 2.45) is 0 Å². The molecule has 1 atom stereocenters. The van der Waals surface area contributed by atoms with Gasteiger partial charge in [0, 0.05) is 24.8 Å². The summed E-state index contributed by atoms with van der Waals surface area (Å²) in [7, 11) is 0. The fourth-order valence-corrected chi connectivity index (χ4v) is 2.90. The van der Waals surface area contributed by atoms with Gasteiger partial charge in [0.15, 0.2) is 0 Å². The molecule has 3 heteroatoms. The lowest BCUT2D eigenvalue weighted by molar-refractivity contribution is 0.207. The summed E-state index contributed by atoms with van der Waals surface area (Å²) in [6, 6.07) is 8.84. The van der Waals surface area contributed by atoms with Gasteiger partial charge in [-0.1, -0.05) is 30.9 Å². The molecule has 110 valence electrons. The Bertz CT molecular complexity index is 419. The van der Waals surface area contributed by atoms with E-state index in [4.69, 9.17) is 9.84 Å². The van der Waals surface area contributed by atoms with Crippen LogP contribution < -0.4 is 4.74 Å². The minimum Gasteiger partial charge on any atom is -0.489 e. The second kappa shape index (κ2) is 8.08. The molecule has 0 aromatic heterocycles. The van der Waals surface area contributed by atoms with Crippen molar-refractivity contribution in [2.75, 3.05) is 19.8 Å². The van der Waals surface area contributed by atoms with Crippen molar-refractivity contribution in [3.63, 3.8) is 0 Å². The Hall–Kier alpha value is -1.32. The molecule has 1 heterocycles. The van der Waals surface area contributed by atoms with Gasteiger partial charge in [0.1, 0.15) is 12.4 Å². The van der Waals surface area contributed by atoms with E-state index in [0.717, 1.165) is 31.7 Å². The first-order valence-corrected chi connectivity index (χ1v) is 7.51. The van der Waals surface area contributed by atoms with E-state index in [1.807, 2.05) is 12.1 Å². The standard InChI is InChI=1S/C17H25NO2/c1-2-13-20-17-10-4-3-7-15(17)14-18-11-5-8-16(18)9-6-12-19/h2-4,7,10,16,19H,1,5-6,8-9,11-14H2. The lowest BCUT2D eigenvalue weighted by atomic mass is 10.1. The second-order valence-electron chi connectivity index (χ2n) is 5.34. The minimum atomic E-state index is 0.295. The molecule has 1 aliphatic heterocycles. The molecule has 1 N–H and O–H groups in total. The van der Waals surface area contributed by atoms with Crippen molar-refractivity contribution >= 4 is 0 Å². The molecule has 3 nitrogen and oxygen atoms in total. The molecule has 0 radical (unpaired) electrons. The van der Waals surface area contributed by atoms with E-state index >= 15 is 0 Å². The van der Waals surface area contributed by atoms with Gasteiger partial charge in [0.05, 0.1) is 0 Å². The number of hydrogen-bond acceptors (Lipinski definition) is 3. The SMILES string of the molecule is C=CCOc1ccccc1CN1CCCC1CCCO. The summed E-state index contributed by atoms with van der Waals surface area (Å²) in [6.45, 7) is 6.62. The van der Waals surface area contributed by atoms with Gasteiger partial charge in [-0.05, 0) is 38.3 Å². The van der Waals surface area contributed by atoms with Crippen LogP contribution >= 0.6 is 0 Å². The van der Waals surface area contributed by atoms with Crippen LogP contribution in [0.2, 0.25) is 0 Å². The molecule has 0 bridgehead atoms.